The van der Waals surface area contributed by atoms with Gasteiger partial charge in [0, 0.05) is 6.08 Å². The van der Waals surface area contributed by atoms with E-state index in [-0.39, 0.29) is 32.7 Å². The second-order valence-corrected chi connectivity index (χ2v) is 2.27. The molecule has 0 aliphatic carbocycles. The number of carbonyl (C=O) groups is 3. The van der Waals surface area contributed by atoms with E-state index in [4.69, 9.17) is 4.74 Å². The average Bonchev–Trinajstić information content (AvgIpc) is 2.26. The molecule has 15 heavy (non-hydrogen) atoms. The van der Waals surface area contributed by atoms with Gasteiger partial charge in [-0.1, -0.05) is 6.58 Å². The van der Waals surface area contributed by atoms with Crippen LogP contribution in [0.5, 0.6) is 0 Å². The SMILES string of the molecule is C=CC(=O)OCCOCCOC(=O)C=O. The lowest BCUT2D eigenvalue weighted by Crippen LogP contribution is -2.14. The van der Waals surface area contributed by atoms with Crippen LogP contribution in [0.3, 0.4) is 0 Å². The predicted molar refractivity (Wildman–Crippen MR) is 49.0 cm³/mol. The molecule has 0 aromatic heterocycles. The summed E-state index contributed by atoms with van der Waals surface area (Å²) in [5, 5.41) is 0. The van der Waals surface area contributed by atoms with Crippen molar-refractivity contribution in [3.05, 3.63) is 12.7 Å². The Morgan fingerprint density at radius 2 is 1.53 bits per heavy atom. The standard InChI is InChI=1S/C9H12O6/c1-2-8(11)14-5-3-13-4-6-15-9(12)7-10/h2,7H,1,3-6H2. The first-order chi connectivity index (χ1) is 7.20. The summed E-state index contributed by atoms with van der Waals surface area (Å²) in [7, 11) is 0. The molecule has 0 aliphatic rings. The Labute approximate surface area is 86.8 Å². The molecular formula is C9H12O6. The molecule has 0 N–H and O–H groups in total. The van der Waals surface area contributed by atoms with Gasteiger partial charge in [-0.05, 0) is 0 Å². The first-order valence-corrected chi connectivity index (χ1v) is 4.19. The molecule has 0 fully saturated rings. The zero-order chi connectivity index (χ0) is 11.5. The van der Waals surface area contributed by atoms with Crippen LogP contribution in [0.15, 0.2) is 12.7 Å². The second kappa shape index (κ2) is 8.89. The minimum atomic E-state index is -0.934. The molecule has 0 aromatic rings. The molecule has 0 atom stereocenters. The topological polar surface area (TPSA) is 78.9 Å². The summed E-state index contributed by atoms with van der Waals surface area (Å²) in [6.07, 6.45) is 1.12. The smallest absolute Gasteiger partial charge is 0.371 e. The van der Waals surface area contributed by atoms with E-state index in [1.807, 2.05) is 0 Å². The summed E-state index contributed by atoms with van der Waals surface area (Å²) < 4.78 is 13.9. The van der Waals surface area contributed by atoms with Gasteiger partial charge in [0.05, 0.1) is 13.2 Å². The highest BCUT2D eigenvalue weighted by molar-refractivity contribution is 6.20. The van der Waals surface area contributed by atoms with Gasteiger partial charge in [-0.3, -0.25) is 4.79 Å². The molecule has 0 radical (unpaired) electrons. The van der Waals surface area contributed by atoms with Gasteiger partial charge in [0.25, 0.3) is 0 Å². The van der Waals surface area contributed by atoms with Crippen molar-refractivity contribution in [2.45, 2.75) is 0 Å². The van der Waals surface area contributed by atoms with Crippen LogP contribution in [-0.4, -0.2) is 44.7 Å². The summed E-state index contributed by atoms with van der Waals surface area (Å²) >= 11 is 0. The number of aldehydes is 1. The van der Waals surface area contributed by atoms with Crippen molar-refractivity contribution in [1.82, 2.24) is 0 Å². The van der Waals surface area contributed by atoms with Gasteiger partial charge < -0.3 is 14.2 Å². The van der Waals surface area contributed by atoms with Crippen molar-refractivity contribution in [3.63, 3.8) is 0 Å². The van der Waals surface area contributed by atoms with Crippen LogP contribution in [0.2, 0.25) is 0 Å². The van der Waals surface area contributed by atoms with Crippen LogP contribution in [0, 0.1) is 0 Å². The average molecular weight is 216 g/mol. The van der Waals surface area contributed by atoms with Crippen molar-refractivity contribution in [3.8, 4) is 0 Å². The number of hydrogen-bond donors (Lipinski definition) is 0. The van der Waals surface area contributed by atoms with Crippen LogP contribution < -0.4 is 0 Å². The zero-order valence-electron chi connectivity index (χ0n) is 8.14. The number of hydrogen-bond acceptors (Lipinski definition) is 6. The maximum Gasteiger partial charge on any atom is 0.371 e. The van der Waals surface area contributed by atoms with Crippen molar-refractivity contribution < 1.29 is 28.6 Å². The van der Waals surface area contributed by atoms with Gasteiger partial charge in [0.2, 0.25) is 6.29 Å². The van der Waals surface area contributed by atoms with E-state index in [1.165, 1.54) is 0 Å². The van der Waals surface area contributed by atoms with E-state index in [0.29, 0.717) is 0 Å². The molecule has 0 spiro atoms. The Balaban J connectivity index is 3.18. The quantitative estimate of drug-likeness (QED) is 0.178. The summed E-state index contributed by atoms with van der Waals surface area (Å²) in [6.45, 7) is 3.65. The number of ether oxygens (including phenoxy) is 3. The lowest BCUT2D eigenvalue weighted by molar-refractivity contribution is -0.150. The number of rotatable bonds is 8. The van der Waals surface area contributed by atoms with Crippen molar-refractivity contribution in [1.29, 1.82) is 0 Å². The van der Waals surface area contributed by atoms with E-state index in [1.54, 1.807) is 0 Å². The maximum absolute atomic E-state index is 10.5. The third-order valence-electron chi connectivity index (χ3n) is 1.21. The fraction of sp³-hybridized carbons (Fsp3) is 0.444. The first kappa shape index (κ1) is 13.3. The Morgan fingerprint density at radius 3 is 2.00 bits per heavy atom. The van der Waals surface area contributed by atoms with E-state index in [9.17, 15) is 14.4 Å². The molecular weight excluding hydrogens is 204 g/mol. The van der Waals surface area contributed by atoms with Crippen LogP contribution in [0.1, 0.15) is 0 Å². The summed E-state index contributed by atoms with van der Waals surface area (Å²) in [5.41, 5.74) is 0. The van der Waals surface area contributed by atoms with Crippen LogP contribution in [0.4, 0.5) is 0 Å². The zero-order valence-corrected chi connectivity index (χ0v) is 8.14. The van der Waals surface area contributed by atoms with Gasteiger partial charge in [-0.15, -0.1) is 0 Å². The molecule has 0 amide bonds. The first-order valence-electron chi connectivity index (χ1n) is 4.19. The molecule has 0 bridgehead atoms. The van der Waals surface area contributed by atoms with Gasteiger partial charge in [0.1, 0.15) is 13.2 Å². The Morgan fingerprint density at radius 1 is 1.00 bits per heavy atom. The highest BCUT2D eigenvalue weighted by Crippen LogP contribution is 1.82. The van der Waals surface area contributed by atoms with Crippen molar-refractivity contribution in [2.24, 2.45) is 0 Å². The Kier molecular flexibility index (Phi) is 7.89. The molecule has 84 valence electrons. The summed E-state index contributed by atoms with van der Waals surface area (Å²) in [5.74, 6) is -1.46. The molecule has 0 aliphatic heterocycles. The van der Waals surface area contributed by atoms with Gasteiger partial charge >= 0.3 is 11.9 Å². The van der Waals surface area contributed by atoms with E-state index < -0.39 is 11.9 Å². The summed E-state index contributed by atoms with van der Waals surface area (Å²) in [6, 6.07) is 0. The third-order valence-corrected chi connectivity index (χ3v) is 1.21. The largest absolute Gasteiger partial charge is 0.460 e. The monoisotopic (exact) mass is 216 g/mol. The molecule has 0 rings (SSSR count). The highest BCUT2D eigenvalue weighted by Gasteiger charge is 1.98. The lowest BCUT2D eigenvalue weighted by atomic mass is 10.6. The number of esters is 2. The van der Waals surface area contributed by atoms with Crippen LogP contribution in [-0.2, 0) is 28.6 Å². The molecule has 0 heterocycles. The minimum Gasteiger partial charge on any atom is -0.460 e. The fourth-order valence-electron chi connectivity index (χ4n) is 0.597. The molecule has 0 unspecified atom stereocenters. The van der Waals surface area contributed by atoms with Crippen LogP contribution in [0.25, 0.3) is 0 Å². The maximum atomic E-state index is 10.5. The van der Waals surface area contributed by atoms with Crippen LogP contribution >= 0.6 is 0 Å². The lowest BCUT2D eigenvalue weighted by Gasteiger charge is -2.04. The molecule has 0 aromatic carbocycles. The van der Waals surface area contributed by atoms with E-state index >= 15 is 0 Å². The van der Waals surface area contributed by atoms with Gasteiger partial charge in [0.15, 0.2) is 0 Å². The molecule has 6 heteroatoms. The number of carbonyl (C=O) groups excluding carboxylic acids is 3. The minimum absolute atomic E-state index is 0.00697. The van der Waals surface area contributed by atoms with Crippen molar-refractivity contribution in [2.75, 3.05) is 26.4 Å². The van der Waals surface area contributed by atoms with Gasteiger partial charge in [-0.2, -0.15) is 0 Å². The predicted octanol–water partition coefficient (Wildman–Crippen LogP) is -0.526. The van der Waals surface area contributed by atoms with E-state index in [0.717, 1.165) is 6.08 Å². The molecule has 0 saturated heterocycles. The van der Waals surface area contributed by atoms with E-state index in [2.05, 4.69) is 16.1 Å². The Hall–Kier alpha value is -1.69. The fourth-order valence-corrected chi connectivity index (χ4v) is 0.597. The summed E-state index contributed by atoms with van der Waals surface area (Å²) in [4.78, 5) is 30.6. The third kappa shape index (κ3) is 8.63. The second-order valence-electron chi connectivity index (χ2n) is 2.27. The normalized spacial score (nSPS) is 9.07. The highest BCUT2D eigenvalue weighted by atomic mass is 16.6. The Bertz CT molecular complexity index is 211. The van der Waals surface area contributed by atoms with Gasteiger partial charge in [-0.25, -0.2) is 9.59 Å². The molecule has 0 saturated carbocycles. The molecule has 6 nitrogen and oxygen atoms in total. The van der Waals surface area contributed by atoms with Crippen molar-refractivity contribution >= 4 is 18.2 Å².